The van der Waals surface area contributed by atoms with Gasteiger partial charge in [-0.2, -0.15) is 12.6 Å². The summed E-state index contributed by atoms with van der Waals surface area (Å²) < 4.78 is 3.63. The molecule has 0 aromatic carbocycles. The number of halogens is 3. The van der Waals surface area contributed by atoms with Crippen molar-refractivity contribution in [3.05, 3.63) is 0 Å². The fourth-order valence-electron chi connectivity index (χ4n) is 0.252. The molecule has 0 amide bonds. The highest BCUT2D eigenvalue weighted by atomic mass is 35.6. The van der Waals surface area contributed by atoms with Crippen LogP contribution in [-0.2, 0) is 4.74 Å². The molecule has 0 aliphatic carbocycles. The quantitative estimate of drug-likeness (QED) is 0.325. The van der Waals surface area contributed by atoms with Gasteiger partial charge in [-0.1, -0.05) is 34.8 Å². The lowest BCUT2D eigenvalue weighted by Gasteiger charge is -2.08. The molecule has 0 fully saturated rings. The number of rotatable bonds is 3. The summed E-state index contributed by atoms with van der Waals surface area (Å²) in [6.07, 6.45) is 0.401. The summed E-state index contributed by atoms with van der Waals surface area (Å²) in [5.41, 5.74) is 0. The Morgan fingerprint density at radius 1 is 1.33 bits per heavy atom. The molecule has 56 valence electrons. The first-order valence-corrected chi connectivity index (χ1v) is 4.08. The molecule has 0 aromatic heterocycles. The molecule has 0 unspecified atom stereocenters. The Morgan fingerprint density at radius 3 is 2.22 bits per heavy atom. The van der Waals surface area contributed by atoms with Crippen LogP contribution in [0.4, 0.5) is 0 Å². The highest BCUT2D eigenvalue weighted by molar-refractivity contribution is 7.80. The lowest BCUT2D eigenvalue weighted by molar-refractivity contribution is 0.181. The maximum absolute atomic E-state index is 5.39. The molecule has 0 radical (unpaired) electrons. The number of ether oxygens (including phenoxy) is 1. The van der Waals surface area contributed by atoms with Crippen LogP contribution in [0.2, 0.25) is 0 Å². The predicted octanol–water partition coefficient (Wildman–Crippen LogP) is 2.65. The van der Waals surface area contributed by atoms with Gasteiger partial charge in [0.2, 0.25) is 0 Å². The molecule has 0 atom stereocenters. The molecular weight excluding hydrogens is 202 g/mol. The van der Waals surface area contributed by atoms with Gasteiger partial charge in [0, 0.05) is 6.42 Å². The van der Waals surface area contributed by atoms with E-state index in [9.17, 15) is 0 Å². The molecule has 0 saturated heterocycles. The predicted molar refractivity (Wildman–Crippen MR) is 44.7 cm³/mol. The Kier molecular flexibility index (Phi) is 5.56. The van der Waals surface area contributed by atoms with Crippen LogP contribution in [0.25, 0.3) is 0 Å². The van der Waals surface area contributed by atoms with Gasteiger partial charge in [-0.3, -0.25) is 0 Å². The van der Waals surface area contributed by atoms with E-state index in [2.05, 4.69) is 12.6 Å². The number of alkyl halides is 3. The SMILES string of the molecule is SCOCCC(Cl)(Cl)Cl. The zero-order valence-electron chi connectivity index (χ0n) is 4.61. The molecule has 0 aliphatic heterocycles. The normalized spacial score (nSPS) is 12.0. The van der Waals surface area contributed by atoms with E-state index in [0.29, 0.717) is 19.0 Å². The molecule has 0 spiro atoms. The first-order chi connectivity index (χ1) is 4.06. The van der Waals surface area contributed by atoms with Crippen molar-refractivity contribution in [3.8, 4) is 0 Å². The van der Waals surface area contributed by atoms with Crippen LogP contribution in [0.3, 0.4) is 0 Å². The number of thiol groups is 1. The zero-order chi connectivity index (χ0) is 7.33. The highest BCUT2D eigenvalue weighted by Crippen LogP contribution is 2.29. The van der Waals surface area contributed by atoms with E-state index in [1.807, 2.05) is 0 Å². The van der Waals surface area contributed by atoms with Gasteiger partial charge in [-0.15, -0.1) is 0 Å². The van der Waals surface area contributed by atoms with Crippen molar-refractivity contribution < 1.29 is 4.74 Å². The van der Waals surface area contributed by atoms with Crippen molar-refractivity contribution in [2.24, 2.45) is 0 Å². The van der Waals surface area contributed by atoms with Gasteiger partial charge in [0.25, 0.3) is 0 Å². The fourth-order valence-corrected chi connectivity index (χ4v) is 0.613. The van der Waals surface area contributed by atoms with Gasteiger partial charge in [-0.25, -0.2) is 0 Å². The minimum absolute atomic E-state index is 0.362. The summed E-state index contributed by atoms with van der Waals surface area (Å²) >= 11 is 20.0. The summed E-state index contributed by atoms with van der Waals surface area (Å²) in [7, 11) is 0. The Bertz CT molecular complexity index is 72.7. The Morgan fingerprint density at radius 2 is 1.89 bits per heavy atom. The third-order valence-electron chi connectivity index (χ3n) is 0.621. The van der Waals surface area contributed by atoms with E-state index < -0.39 is 3.79 Å². The smallest absolute Gasteiger partial charge is 0.192 e. The highest BCUT2D eigenvalue weighted by Gasteiger charge is 2.18. The number of hydrogen-bond acceptors (Lipinski definition) is 2. The number of hydrogen-bond donors (Lipinski definition) is 1. The summed E-state index contributed by atoms with van der Waals surface area (Å²) in [5, 5.41) is 0. The molecule has 0 heterocycles. The van der Waals surface area contributed by atoms with E-state index in [1.54, 1.807) is 0 Å². The summed E-state index contributed by atoms with van der Waals surface area (Å²) in [6.45, 7) is 0.431. The van der Waals surface area contributed by atoms with Crippen LogP contribution in [0.1, 0.15) is 6.42 Å². The van der Waals surface area contributed by atoms with Crippen LogP contribution >= 0.6 is 47.4 Å². The molecule has 0 N–H and O–H groups in total. The third-order valence-corrected chi connectivity index (χ3v) is 1.37. The van der Waals surface area contributed by atoms with Crippen LogP contribution in [-0.4, -0.2) is 16.3 Å². The maximum Gasteiger partial charge on any atom is 0.192 e. The average Bonchev–Trinajstić information content (AvgIpc) is 1.63. The van der Waals surface area contributed by atoms with Crippen molar-refractivity contribution in [1.29, 1.82) is 0 Å². The topological polar surface area (TPSA) is 9.23 Å². The molecule has 1 nitrogen and oxygen atoms in total. The Hall–Kier alpha value is 1.18. The van der Waals surface area contributed by atoms with E-state index in [0.717, 1.165) is 0 Å². The van der Waals surface area contributed by atoms with E-state index in [-0.39, 0.29) is 0 Å². The minimum atomic E-state index is -1.19. The molecule has 0 rings (SSSR count). The van der Waals surface area contributed by atoms with Gasteiger partial charge in [-0.05, 0) is 0 Å². The summed E-state index contributed by atoms with van der Waals surface area (Å²) in [5.74, 6) is 0.362. The van der Waals surface area contributed by atoms with Crippen molar-refractivity contribution in [3.63, 3.8) is 0 Å². The van der Waals surface area contributed by atoms with Crippen LogP contribution in [0.5, 0.6) is 0 Å². The third kappa shape index (κ3) is 9.18. The van der Waals surface area contributed by atoms with Crippen LogP contribution in [0, 0.1) is 0 Å². The van der Waals surface area contributed by atoms with Crippen LogP contribution in [0.15, 0.2) is 0 Å². The summed E-state index contributed by atoms with van der Waals surface area (Å²) in [6, 6.07) is 0. The van der Waals surface area contributed by atoms with Gasteiger partial charge >= 0.3 is 0 Å². The standard InChI is InChI=1S/C4H7Cl3OS/c5-4(6,7)1-2-8-3-9/h9H,1-3H2. The second-order valence-corrected chi connectivity index (χ2v) is 4.18. The Balaban J connectivity index is 3.07. The Labute approximate surface area is 75.0 Å². The second kappa shape index (κ2) is 4.91. The first-order valence-electron chi connectivity index (χ1n) is 2.31. The molecule has 0 aliphatic rings. The molecule has 0 saturated carbocycles. The largest absolute Gasteiger partial charge is 0.371 e. The zero-order valence-corrected chi connectivity index (χ0v) is 7.77. The molecule has 5 heteroatoms. The van der Waals surface area contributed by atoms with E-state index >= 15 is 0 Å². The van der Waals surface area contributed by atoms with Crippen molar-refractivity contribution in [1.82, 2.24) is 0 Å². The van der Waals surface area contributed by atoms with Crippen molar-refractivity contribution in [2.75, 3.05) is 12.5 Å². The fraction of sp³-hybridized carbons (Fsp3) is 1.00. The molecular formula is C4H7Cl3OS. The van der Waals surface area contributed by atoms with Gasteiger partial charge in [0.1, 0.15) is 0 Å². The van der Waals surface area contributed by atoms with E-state index in [4.69, 9.17) is 39.5 Å². The van der Waals surface area contributed by atoms with Gasteiger partial charge in [0.05, 0.1) is 12.5 Å². The van der Waals surface area contributed by atoms with Crippen LogP contribution < -0.4 is 0 Å². The maximum atomic E-state index is 5.39. The lowest BCUT2D eigenvalue weighted by Crippen LogP contribution is -2.06. The average molecular weight is 210 g/mol. The molecule has 0 bridgehead atoms. The second-order valence-electron chi connectivity index (χ2n) is 1.40. The van der Waals surface area contributed by atoms with Crippen molar-refractivity contribution in [2.45, 2.75) is 10.2 Å². The molecule has 9 heavy (non-hydrogen) atoms. The van der Waals surface area contributed by atoms with Gasteiger partial charge < -0.3 is 4.74 Å². The monoisotopic (exact) mass is 208 g/mol. The first kappa shape index (κ1) is 10.2. The molecule has 0 aromatic rings. The van der Waals surface area contributed by atoms with Gasteiger partial charge in [0.15, 0.2) is 3.79 Å². The van der Waals surface area contributed by atoms with E-state index in [1.165, 1.54) is 0 Å². The van der Waals surface area contributed by atoms with Crippen molar-refractivity contribution >= 4 is 47.4 Å². The lowest BCUT2D eigenvalue weighted by atomic mass is 10.5. The summed E-state index contributed by atoms with van der Waals surface area (Å²) in [4.78, 5) is 0. The minimum Gasteiger partial charge on any atom is -0.371 e.